The minimum atomic E-state index is -0.0716. The summed E-state index contributed by atoms with van der Waals surface area (Å²) in [6.45, 7) is 3.75. The van der Waals surface area contributed by atoms with Crippen LogP contribution >= 0.6 is 0 Å². The fourth-order valence-electron chi connectivity index (χ4n) is 6.43. The summed E-state index contributed by atoms with van der Waals surface area (Å²) in [5, 5.41) is 3.04. The number of piperidine rings is 1. The Balaban J connectivity index is 1.13. The van der Waals surface area contributed by atoms with E-state index in [0.29, 0.717) is 17.4 Å². The Morgan fingerprint density at radius 2 is 1.57 bits per heavy atom. The van der Waals surface area contributed by atoms with E-state index in [0.717, 1.165) is 56.8 Å². The normalized spacial score (nSPS) is 23.1. The number of rotatable bonds is 6. The molecule has 6 heteroatoms. The van der Waals surface area contributed by atoms with Gasteiger partial charge in [-0.1, -0.05) is 31.4 Å². The first kappa shape index (κ1) is 25.8. The summed E-state index contributed by atoms with van der Waals surface area (Å²) in [4.78, 5) is 32.5. The third-order valence-electron chi connectivity index (χ3n) is 8.77. The quantitative estimate of drug-likeness (QED) is 0.577. The monoisotopic (exact) mass is 502 g/mol. The highest BCUT2D eigenvalue weighted by Crippen LogP contribution is 2.32. The highest BCUT2D eigenvalue weighted by Gasteiger charge is 2.33. The van der Waals surface area contributed by atoms with Gasteiger partial charge >= 0.3 is 0 Å². The number of amides is 2. The average molecular weight is 503 g/mol. The maximum atomic E-state index is 13.1. The van der Waals surface area contributed by atoms with E-state index >= 15 is 0 Å². The lowest BCUT2D eigenvalue weighted by Gasteiger charge is -2.34. The van der Waals surface area contributed by atoms with Gasteiger partial charge in [-0.3, -0.25) is 9.59 Å². The Kier molecular flexibility index (Phi) is 8.14. The van der Waals surface area contributed by atoms with Gasteiger partial charge in [0.25, 0.3) is 5.91 Å². The van der Waals surface area contributed by atoms with E-state index < -0.39 is 0 Å². The first-order valence-electron chi connectivity index (χ1n) is 14.2. The Morgan fingerprint density at radius 3 is 2.27 bits per heavy atom. The van der Waals surface area contributed by atoms with Crippen LogP contribution in [0.5, 0.6) is 0 Å². The summed E-state index contributed by atoms with van der Waals surface area (Å²) < 4.78 is 0. The molecule has 1 saturated carbocycles. The molecule has 2 aromatic carbocycles. The zero-order chi connectivity index (χ0) is 25.8. The molecule has 2 aromatic rings. The van der Waals surface area contributed by atoms with Crippen molar-refractivity contribution in [1.82, 2.24) is 9.80 Å². The lowest BCUT2D eigenvalue weighted by molar-refractivity contribution is -0.137. The van der Waals surface area contributed by atoms with E-state index in [2.05, 4.69) is 46.4 Å². The second-order valence-electron chi connectivity index (χ2n) is 11.4. The predicted octanol–water partition coefficient (Wildman–Crippen LogP) is 5.37. The van der Waals surface area contributed by atoms with E-state index in [1.165, 1.54) is 37.7 Å². The Bertz CT molecular complexity index is 1060. The van der Waals surface area contributed by atoms with Crippen molar-refractivity contribution < 1.29 is 9.59 Å². The molecule has 198 valence electrons. The van der Waals surface area contributed by atoms with E-state index in [-0.39, 0.29) is 17.9 Å². The molecule has 1 unspecified atom stereocenters. The summed E-state index contributed by atoms with van der Waals surface area (Å²) in [7, 11) is 4.09. The molecule has 0 radical (unpaired) electrons. The Morgan fingerprint density at radius 1 is 0.838 bits per heavy atom. The first-order valence-corrected chi connectivity index (χ1v) is 14.2. The van der Waals surface area contributed by atoms with Crippen LogP contribution in [0.3, 0.4) is 0 Å². The largest absolute Gasteiger partial charge is 0.369 e. The van der Waals surface area contributed by atoms with Crippen molar-refractivity contribution in [2.75, 3.05) is 50.5 Å². The molecular weight excluding hydrogens is 460 g/mol. The zero-order valence-electron chi connectivity index (χ0n) is 22.5. The Labute approximate surface area is 222 Å². The number of likely N-dealkylation sites (tertiary alicyclic amines) is 1. The lowest BCUT2D eigenvalue weighted by Crippen LogP contribution is -2.46. The standard InChI is InChI=1S/C31H42N4O2/c1-33-19-6-9-26(21-33)31(37)34(2)29-18-20-35(22-29)28-16-14-27(15-17-28)32-30(36)25-12-10-24(11-13-25)23-7-4-3-5-8-23/h10-17,23,26,29H,3-9,18-22H2,1-2H3,(H,32,36)/t26-,29?/m1/s1. The average Bonchev–Trinajstić information content (AvgIpc) is 3.44. The van der Waals surface area contributed by atoms with Gasteiger partial charge in [-0.2, -0.15) is 0 Å². The number of benzene rings is 2. The van der Waals surface area contributed by atoms with E-state index in [1.807, 2.05) is 36.2 Å². The molecule has 5 rings (SSSR count). The van der Waals surface area contributed by atoms with E-state index in [9.17, 15) is 9.59 Å². The van der Waals surface area contributed by atoms with Gasteiger partial charge in [0, 0.05) is 43.6 Å². The van der Waals surface area contributed by atoms with E-state index in [4.69, 9.17) is 0 Å². The second kappa shape index (κ2) is 11.7. The Hall–Kier alpha value is -2.86. The molecule has 2 saturated heterocycles. The van der Waals surface area contributed by atoms with Gasteiger partial charge in [0.05, 0.1) is 12.0 Å². The van der Waals surface area contributed by atoms with E-state index in [1.54, 1.807) is 0 Å². The molecule has 2 heterocycles. The summed E-state index contributed by atoms with van der Waals surface area (Å²) in [5.74, 6) is 1.00. The number of hydrogen-bond donors (Lipinski definition) is 1. The molecule has 0 aromatic heterocycles. The van der Waals surface area contributed by atoms with Gasteiger partial charge in [0.15, 0.2) is 0 Å². The third-order valence-corrected chi connectivity index (χ3v) is 8.77. The number of carbonyl (C=O) groups excluding carboxylic acids is 2. The molecule has 2 amide bonds. The lowest BCUT2D eigenvalue weighted by atomic mass is 9.84. The maximum absolute atomic E-state index is 13.1. The molecule has 0 spiro atoms. The van der Waals surface area contributed by atoms with Crippen LogP contribution in [0.25, 0.3) is 0 Å². The summed E-state index contributed by atoms with van der Waals surface area (Å²) in [5.41, 5.74) is 4.00. The van der Waals surface area contributed by atoms with Crippen LogP contribution in [-0.4, -0.2) is 67.9 Å². The van der Waals surface area contributed by atoms with Crippen LogP contribution in [0.15, 0.2) is 48.5 Å². The third kappa shape index (κ3) is 6.18. The van der Waals surface area contributed by atoms with Crippen molar-refractivity contribution >= 4 is 23.2 Å². The number of nitrogens with one attached hydrogen (secondary N) is 1. The highest BCUT2D eigenvalue weighted by molar-refractivity contribution is 6.04. The fraction of sp³-hybridized carbons (Fsp3) is 0.548. The van der Waals surface area contributed by atoms with Crippen LogP contribution in [0, 0.1) is 5.92 Å². The van der Waals surface area contributed by atoms with Crippen LogP contribution in [0.2, 0.25) is 0 Å². The number of hydrogen-bond acceptors (Lipinski definition) is 4. The van der Waals surface area contributed by atoms with Crippen molar-refractivity contribution in [3.63, 3.8) is 0 Å². The number of carbonyl (C=O) groups is 2. The van der Waals surface area contributed by atoms with Crippen molar-refractivity contribution in [3.8, 4) is 0 Å². The minimum Gasteiger partial charge on any atom is -0.369 e. The highest BCUT2D eigenvalue weighted by atomic mass is 16.2. The molecule has 3 fully saturated rings. The molecule has 0 bridgehead atoms. The maximum Gasteiger partial charge on any atom is 0.255 e. The topological polar surface area (TPSA) is 55.9 Å². The van der Waals surface area contributed by atoms with Crippen LogP contribution in [-0.2, 0) is 4.79 Å². The number of likely N-dealkylation sites (N-methyl/N-ethyl adjacent to an activating group) is 1. The number of nitrogens with zero attached hydrogens (tertiary/aromatic N) is 3. The number of anilines is 2. The van der Waals surface area contributed by atoms with Gasteiger partial charge in [-0.25, -0.2) is 0 Å². The van der Waals surface area contributed by atoms with Gasteiger partial charge in [0.1, 0.15) is 0 Å². The minimum absolute atomic E-state index is 0.0716. The molecule has 37 heavy (non-hydrogen) atoms. The van der Waals surface area contributed by atoms with Gasteiger partial charge < -0.3 is 20.0 Å². The van der Waals surface area contributed by atoms with Gasteiger partial charge in [-0.15, -0.1) is 0 Å². The predicted molar refractivity (Wildman–Crippen MR) is 150 cm³/mol. The van der Waals surface area contributed by atoms with Crippen LogP contribution in [0.4, 0.5) is 11.4 Å². The first-order chi connectivity index (χ1) is 18.0. The summed E-state index contributed by atoms with van der Waals surface area (Å²) in [6, 6.07) is 16.5. The SMILES string of the molecule is CN1CCC[C@@H](C(=O)N(C)C2CCN(c3ccc(NC(=O)c4ccc(C5CCCCC5)cc4)cc3)C2)C1. The molecule has 1 N–H and O–H groups in total. The van der Waals surface area contributed by atoms with Crippen LogP contribution < -0.4 is 10.2 Å². The summed E-state index contributed by atoms with van der Waals surface area (Å²) >= 11 is 0. The molecule has 2 atom stereocenters. The molecular formula is C31H42N4O2. The van der Waals surface area contributed by atoms with Gasteiger partial charge in [0.2, 0.25) is 5.91 Å². The van der Waals surface area contributed by atoms with Crippen molar-refractivity contribution in [2.45, 2.75) is 63.3 Å². The molecule has 1 aliphatic carbocycles. The van der Waals surface area contributed by atoms with Crippen molar-refractivity contribution in [2.24, 2.45) is 5.92 Å². The smallest absolute Gasteiger partial charge is 0.255 e. The molecule has 6 nitrogen and oxygen atoms in total. The van der Waals surface area contributed by atoms with Crippen LogP contribution in [0.1, 0.15) is 73.2 Å². The summed E-state index contributed by atoms with van der Waals surface area (Å²) in [6.07, 6.45) is 9.60. The van der Waals surface area contributed by atoms with Crippen molar-refractivity contribution in [1.29, 1.82) is 0 Å². The zero-order valence-corrected chi connectivity index (χ0v) is 22.5. The molecule has 3 aliphatic rings. The fourth-order valence-corrected chi connectivity index (χ4v) is 6.43. The van der Waals surface area contributed by atoms with Crippen molar-refractivity contribution in [3.05, 3.63) is 59.7 Å². The molecule has 2 aliphatic heterocycles. The van der Waals surface area contributed by atoms with Gasteiger partial charge in [-0.05, 0) is 93.6 Å². The second-order valence-corrected chi connectivity index (χ2v) is 11.4.